The summed E-state index contributed by atoms with van der Waals surface area (Å²) in [5, 5.41) is 11.4. The second-order valence-corrected chi connectivity index (χ2v) is 7.43. The maximum Gasteiger partial charge on any atom is 0.258 e. The first-order valence-electron chi connectivity index (χ1n) is 8.10. The molecule has 7 nitrogen and oxygen atoms in total. The summed E-state index contributed by atoms with van der Waals surface area (Å²) in [5.74, 6) is 1.38. The van der Waals surface area contributed by atoms with Crippen molar-refractivity contribution in [2.75, 3.05) is 0 Å². The third-order valence-corrected chi connectivity index (χ3v) is 5.89. The van der Waals surface area contributed by atoms with Gasteiger partial charge in [0.1, 0.15) is 0 Å². The van der Waals surface area contributed by atoms with Crippen molar-refractivity contribution < 1.29 is 0 Å². The van der Waals surface area contributed by atoms with E-state index in [0.29, 0.717) is 5.75 Å². The number of pyridine rings is 1. The van der Waals surface area contributed by atoms with Gasteiger partial charge in [-0.05, 0) is 26.0 Å². The Morgan fingerprint density at radius 3 is 2.81 bits per heavy atom. The molecule has 4 rings (SSSR count). The fraction of sp³-hybridized carbons (Fsp3) is 0.235. The summed E-state index contributed by atoms with van der Waals surface area (Å²) in [7, 11) is 0. The molecule has 0 saturated carbocycles. The molecule has 0 unspecified atom stereocenters. The van der Waals surface area contributed by atoms with Crippen molar-refractivity contribution in [2.45, 2.75) is 31.3 Å². The number of aryl methyl sites for hydroxylation is 1. The zero-order chi connectivity index (χ0) is 18.1. The van der Waals surface area contributed by atoms with Gasteiger partial charge in [0.05, 0.1) is 5.69 Å². The van der Waals surface area contributed by atoms with Crippen molar-refractivity contribution in [3.05, 3.63) is 57.7 Å². The molecule has 0 amide bonds. The lowest BCUT2D eigenvalue weighted by atomic mass is 10.2. The maximum absolute atomic E-state index is 12.3. The summed E-state index contributed by atoms with van der Waals surface area (Å²) in [6.07, 6.45) is 3.48. The molecular formula is C17H16N6OS2. The molecule has 0 aliphatic heterocycles. The average Bonchev–Trinajstić information content (AvgIpc) is 3.24. The van der Waals surface area contributed by atoms with Crippen molar-refractivity contribution >= 4 is 28.1 Å². The molecule has 0 bridgehead atoms. The molecule has 0 N–H and O–H groups in total. The van der Waals surface area contributed by atoms with Crippen LogP contribution < -0.4 is 5.56 Å². The van der Waals surface area contributed by atoms with Crippen molar-refractivity contribution in [2.24, 2.45) is 0 Å². The van der Waals surface area contributed by atoms with E-state index in [9.17, 15) is 4.79 Å². The smallest absolute Gasteiger partial charge is 0.258 e. The SMILES string of the molecule is CCn1c(SCc2cc(=O)n3c(C)csc3n2)nnc1-c1ccncc1. The van der Waals surface area contributed by atoms with Crippen LogP contribution in [0.5, 0.6) is 0 Å². The lowest BCUT2D eigenvalue weighted by Crippen LogP contribution is -2.14. The highest BCUT2D eigenvalue weighted by Crippen LogP contribution is 2.25. The second-order valence-electron chi connectivity index (χ2n) is 5.66. The summed E-state index contributed by atoms with van der Waals surface area (Å²) < 4.78 is 3.69. The standard InChI is InChI=1S/C17H16N6OS2/c1-3-22-15(12-4-6-18-7-5-12)20-21-17(22)26-10-13-8-14(24)23-11(2)9-25-16(23)19-13/h4-9H,3,10H2,1-2H3. The Hall–Kier alpha value is -2.52. The first-order chi connectivity index (χ1) is 12.7. The normalized spacial score (nSPS) is 11.3. The van der Waals surface area contributed by atoms with Crippen LogP contribution in [0.4, 0.5) is 0 Å². The maximum atomic E-state index is 12.3. The third-order valence-electron chi connectivity index (χ3n) is 3.95. The molecule has 0 spiro atoms. The number of thioether (sulfide) groups is 1. The minimum atomic E-state index is -0.0428. The van der Waals surface area contributed by atoms with E-state index in [1.165, 1.54) is 23.1 Å². The molecule has 0 aliphatic rings. The molecule has 4 aromatic rings. The number of fused-ring (bicyclic) bond motifs is 1. The minimum Gasteiger partial charge on any atom is -0.302 e. The van der Waals surface area contributed by atoms with E-state index >= 15 is 0 Å². The topological polar surface area (TPSA) is 78.0 Å². The van der Waals surface area contributed by atoms with Gasteiger partial charge in [0.25, 0.3) is 5.56 Å². The van der Waals surface area contributed by atoms with E-state index in [1.807, 2.05) is 24.4 Å². The molecule has 0 saturated heterocycles. The molecule has 0 radical (unpaired) electrons. The summed E-state index contributed by atoms with van der Waals surface area (Å²) in [4.78, 5) is 21.6. The van der Waals surface area contributed by atoms with Gasteiger partial charge in [-0.3, -0.25) is 14.2 Å². The first-order valence-corrected chi connectivity index (χ1v) is 9.97. The molecule has 0 atom stereocenters. The van der Waals surface area contributed by atoms with E-state index < -0.39 is 0 Å². The molecule has 0 fully saturated rings. The highest BCUT2D eigenvalue weighted by Gasteiger charge is 2.14. The number of aromatic nitrogens is 6. The summed E-state index contributed by atoms with van der Waals surface area (Å²) in [6, 6.07) is 5.43. The van der Waals surface area contributed by atoms with Crippen LogP contribution in [0.25, 0.3) is 16.3 Å². The van der Waals surface area contributed by atoms with Gasteiger partial charge in [0.15, 0.2) is 15.9 Å². The van der Waals surface area contributed by atoms with Crippen LogP contribution in [-0.2, 0) is 12.3 Å². The molecule has 0 aliphatic carbocycles. The Balaban J connectivity index is 1.61. The quantitative estimate of drug-likeness (QED) is 0.492. The van der Waals surface area contributed by atoms with Crippen molar-refractivity contribution in [3.63, 3.8) is 0 Å². The number of nitrogens with zero attached hydrogens (tertiary/aromatic N) is 6. The van der Waals surface area contributed by atoms with Crippen LogP contribution in [0.15, 0.2) is 45.9 Å². The highest BCUT2D eigenvalue weighted by molar-refractivity contribution is 7.98. The lowest BCUT2D eigenvalue weighted by molar-refractivity contribution is 0.687. The molecule has 132 valence electrons. The molecular weight excluding hydrogens is 368 g/mol. The van der Waals surface area contributed by atoms with Crippen molar-refractivity contribution in [3.8, 4) is 11.4 Å². The fourth-order valence-electron chi connectivity index (χ4n) is 2.71. The third kappa shape index (κ3) is 3.04. The van der Waals surface area contributed by atoms with E-state index in [2.05, 4.69) is 31.7 Å². The van der Waals surface area contributed by atoms with Crippen LogP contribution in [0.2, 0.25) is 0 Å². The Bertz CT molecular complexity index is 1120. The largest absolute Gasteiger partial charge is 0.302 e. The van der Waals surface area contributed by atoms with Crippen LogP contribution in [0.1, 0.15) is 18.3 Å². The second kappa shape index (κ2) is 7.00. The molecule has 4 aromatic heterocycles. The van der Waals surface area contributed by atoms with Gasteiger partial charge < -0.3 is 4.57 Å². The summed E-state index contributed by atoms with van der Waals surface area (Å²) in [5.41, 5.74) is 2.60. The summed E-state index contributed by atoms with van der Waals surface area (Å²) in [6.45, 7) is 4.72. The van der Waals surface area contributed by atoms with Gasteiger partial charge in [0, 0.05) is 47.4 Å². The van der Waals surface area contributed by atoms with Crippen molar-refractivity contribution in [1.29, 1.82) is 0 Å². The average molecular weight is 384 g/mol. The minimum absolute atomic E-state index is 0.0428. The molecule has 26 heavy (non-hydrogen) atoms. The van der Waals surface area contributed by atoms with Gasteiger partial charge in [-0.1, -0.05) is 11.8 Å². The van der Waals surface area contributed by atoms with E-state index in [4.69, 9.17) is 0 Å². The predicted molar refractivity (Wildman–Crippen MR) is 103 cm³/mol. The summed E-state index contributed by atoms with van der Waals surface area (Å²) >= 11 is 3.01. The lowest BCUT2D eigenvalue weighted by Gasteiger charge is -2.07. The van der Waals surface area contributed by atoms with E-state index in [0.717, 1.165) is 39.4 Å². The number of thiazole rings is 1. The number of rotatable bonds is 5. The first kappa shape index (κ1) is 16.9. The fourth-order valence-corrected chi connectivity index (χ4v) is 4.49. The van der Waals surface area contributed by atoms with Crippen LogP contribution in [0, 0.1) is 6.92 Å². The van der Waals surface area contributed by atoms with Gasteiger partial charge >= 0.3 is 0 Å². The van der Waals surface area contributed by atoms with Gasteiger partial charge in [0.2, 0.25) is 0 Å². The van der Waals surface area contributed by atoms with E-state index in [1.54, 1.807) is 22.9 Å². The van der Waals surface area contributed by atoms with E-state index in [-0.39, 0.29) is 5.56 Å². The number of hydrogen-bond donors (Lipinski definition) is 0. The van der Waals surface area contributed by atoms with Crippen LogP contribution in [-0.4, -0.2) is 29.1 Å². The van der Waals surface area contributed by atoms with Gasteiger partial charge in [-0.15, -0.1) is 21.5 Å². The number of hydrogen-bond acceptors (Lipinski definition) is 7. The molecule has 0 aromatic carbocycles. The Morgan fingerprint density at radius 2 is 2.04 bits per heavy atom. The molecule has 9 heteroatoms. The van der Waals surface area contributed by atoms with Gasteiger partial charge in [-0.2, -0.15) is 0 Å². The molecule has 4 heterocycles. The van der Waals surface area contributed by atoms with Crippen molar-refractivity contribution in [1.82, 2.24) is 29.1 Å². The zero-order valence-corrected chi connectivity index (χ0v) is 15.9. The van der Waals surface area contributed by atoms with Gasteiger partial charge in [-0.25, -0.2) is 4.98 Å². The van der Waals surface area contributed by atoms with Crippen LogP contribution >= 0.6 is 23.1 Å². The Labute approximate surface area is 157 Å². The Kier molecular flexibility index (Phi) is 4.56. The predicted octanol–water partition coefficient (Wildman–Crippen LogP) is 3.03. The van der Waals surface area contributed by atoms with Crippen LogP contribution in [0.3, 0.4) is 0 Å². The Morgan fingerprint density at radius 1 is 1.23 bits per heavy atom. The monoisotopic (exact) mass is 384 g/mol. The highest BCUT2D eigenvalue weighted by atomic mass is 32.2. The zero-order valence-electron chi connectivity index (χ0n) is 14.3.